The van der Waals surface area contributed by atoms with Crippen LogP contribution >= 0.6 is 0 Å². The summed E-state index contributed by atoms with van der Waals surface area (Å²) in [4.78, 5) is 0. The Balaban J connectivity index is 0.000000257. The fourth-order valence-electron chi connectivity index (χ4n) is 2.09. The zero-order valence-electron chi connectivity index (χ0n) is 10.8. The van der Waals surface area contributed by atoms with E-state index < -0.39 is 10.2 Å². The van der Waals surface area contributed by atoms with Gasteiger partial charge in [-0.3, -0.25) is 0 Å². The molecular formula is C13H12ClNO5. The molecule has 0 N–H and O–H groups in total. The van der Waals surface area contributed by atoms with Crippen LogP contribution in [0, 0.1) is 24.1 Å². The van der Waals surface area contributed by atoms with Crippen LogP contribution in [0.1, 0.15) is 11.3 Å². The third kappa shape index (κ3) is 3.44. The highest BCUT2D eigenvalue weighted by atomic mass is 35.7. The maximum Gasteiger partial charge on any atom is 0.380 e. The minimum absolute atomic E-state index is 0.911. The van der Waals surface area contributed by atoms with Crippen molar-refractivity contribution in [1.29, 1.82) is 0 Å². The van der Waals surface area contributed by atoms with Gasteiger partial charge in [-0.1, -0.05) is 12.1 Å². The third-order valence-corrected chi connectivity index (χ3v) is 2.68. The maximum atomic E-state index is 8.49. The number of para-hydroxylation sites is 2. The summed E-state index contributed by atoms with van der Waals surface area (Å²) in [5.41, 5.74) is 5.41. The van der Waals surface area contributed by atoms with Gasteiger partial charge in [0.15, 0.2) is 5.69 Å². The van der Waals surface area contributed by atoms with Crippen molar-refractivity contribution in [2.75, 3.05) is 0 Å². The Labute approximate surface area is 116 Å². The van der Waals surface area contributed by atoms with Crippen LogP contribution in [0.25, 0.3) is 16.8 Å². The molecule has 1 aromatic carbocycles. The van der Waals surface area contributed by atoms with E-state index in [0.717, 1.165) is 16.8 Å². The summed E-state index contributed by atoms with van der Waals surface area (Å²) in [6.07, 6.45) is 0. The van der Waals surface area contributed by atoms with Crippen molar-refractivity contribution in [3.05, 3.63) is 47.7 Å². The largest absolute Gasteiger partial charge is 0.398 e. The van der Waals surface area contributed by atoms with E-state index in [0.29, 0.717) is 0 Å². The number of benzene rings is 1. The number of aryl methyl sites for hydroxylation is 2. The predicted octanol–water partition coefficient (Wildman–Crippen LogP) is -1.97. The van der Waals surface area contributed by atoms with E-state index in [9.17, 15) is 0 Å². The van der Waals surface area contributed by atoms with E-state index in [2.05, 4.69) is 36.4 Å². The number of hydrogen-bond donors (Lipinski definition) is 0. The molecule has 0 saturated carbocycles. The first-order chi connectivity index (χ1) is 9.25. The highest BCUT2D eigenvalue weighted by Crippen LogP contribution is 2.16. The van der Waals surface area contributed by atoms with Gasteiger partial charge in [-0.15, -0.1) is 14.6 Å². The summed E-state index contributed by atoms with van der Waals surface area (Å²) in [6.45, 7) is 4.18. The number of aromatic nitrogens is 1. The van der Waals surface area contributed by atoms with Gasteiger partial charge < -0.3 is 4.42 Å². The van der Waals surface area contributed by atoms with Crippen LogP contribution in [-0.4, -0.2) is 0 Å². The lowest BCUT2D eigenvalue weighted by Crippen LogP contribution is -2.68. The molecule has 0 fully saturated rings. The highest BCUT2D eigenvalue weighted by Gasteiger charge is 2.17. The zero-order chi connectivity index (χ0) is 14.9. The molecule has 106 valence electrons. The predicted molar refractivity (Wildman–Crippen MR) is 58.8 cm³/mol. The SMILES string of the molecule is Cc1cc(C)[n+]2c(c1)oc1ccccc12.[O-][Cl+3]([O-])([O-])[O-]. The molecule has 0 aliphatic carbocycles. The maximum absolute atomic E-state index is 8.49. The highest BCUT2D eigenvalue weighted by molar-refractivity contribution is 5.70. The molecule has 3 aromatic rings. The summed E-state index contributed by atoms with van der Waals surface area (Å²) in [7, 11) is -4.94. The molecule has 20 heavy (non-hydrogen) atoms. The van der Waals surface area contributed by atoms with E-state index in [1.165, 1.54) is 11.3 Å². The van der Waals surface area contributed by atoms with E-state index in [1.807, 2.05) is 18.2 Å². The average Bonchev–Trinajstić information content (AvgIpc) is 2.64. The van der Waals surface area contributed by atoms with Crippen LogP contribution < -0.4 is 23.0 Å². The van der Waals surface area contributed by atoms with Crippen molar-refractivity contribution in [2.45, 2.75) is 13.8 Å². The molecule has 6 nitrogen and oxygen atoms in total. The second-order valence-electron chi connectivity index (χ2n) is 4.30. The molecule has 0 unspecified atom stereocenters. The monoisotopic (exact) mass is 297 g/mol. The molecule has 0 saturated heterocycles. The fraction of sp³-hybridized carbons (Fsp3) is 0.154. The summed E-state index contributed by atoms with van der Waals surface area (Å²) in [5.74, 6) is 0. The molecule has 0 aliphatic rings. The topological polar surface area (TPSA) is 109 Å². The first kappa shape index (κ1) is 14.7. The second-order valence-corrected chi connectivity index (χ2v) is 5.05. The third-order valence-electron chi connectivity index (χ3n) is 2.68. The number of fused-ring (bicyclic) bond motifs is 3. The van der Waals surface area contributed by atoms with Crippen molar-refractivity contribution >= 4 is 16.8 Å². The average molecular weight is 298 g/mol. The summed E-state index contributed by atoms with van der Waals surface area (Å²) >= 11 is 0. The van der Waals surface area contributed by atoms with Crippen molar-refractivity contribution < 1.29 is 37.7 Å². The number of oxazole rings is 1. The van der Waals surface area contributed by atoms with Crippen molar-refractivity contribution in [3.63, 3.8) is 0 Å². The Morgan fingerprint density at radius 1 is 1.00 bits per heavy atom. The van der Waals surface area contributed by atoms with E-state index in [1.54, 1.807) is 0 Å². The van der Waals surface area contributed by atoms with Crippen LogP contribution in [0.4, 0.5) is 0 Å². The molecule has 3 rings (SSSR count). The fourth-order valence-corrected chi connectivity index (χ4v) is 2.09. The summed E-state index contributed by atoms with van der Waals surface area (Å²) in [5, 5.41) is 0. The van der Waals surface area contributed by atoms with Crippen molar-refractivity contribution in [3.8, 4) is 0 Å². The molecule has 0 amide bonds. The van der Waals surface area contributed by atoms with E-state index in [-0.39, 0.29) is 0 Å². The van der Waals surface area contributed by atoms with Gasteiger partial charge in [-0.2, -0.15) is 0 Å². The van der Waals surface area contributed by atoms with Crippen LogP contribution in [-0.2, 0) is 0 Å². The first-order valence-corrected chi connectivity index (χ1v) is 6.91. The quantitative estimate of drug-likeness (QED) is 0.447. The second kappa shape index (κ2) is 5.35. The Morgan fingerprint density at radius 3 is 2.25 bits per heavy atom. The van der Waals surface area contributed by atoms with Gasteiger partial charge in [-0.05, 0) is 18.6 Å². The van der Waals surface area contributed by atoms with Gasteiger partial charge in [0, 0.05) is 19.1 Å². The van der Waals surface area contributed by atoms with Gasteiger partial charge in [0.05, 0.1) is 6.07 Å². The standard InChI is InChI=1S/C13H12NO.ClHO4/c1-9-7-10(2)14-11-5-3-4-6-12(11)15-13(14)8-9;2-1(3,4)5/h3-8H,1-2H3;(H,2,3,4,5)/q+1;/p-1. The number of nitrogens with zero attached hydrogens (tertiary/aromatic N) is 1. The van der Waals surface area contributed by atoms with Gasteiger partial charge in [-0.25, -0.2) is 18.6 Å². The lowest BCUT2D eigenvalue weighted by molar-refractivity contribution is -2.00. The molecule has 0 bridgehead atoms. The molecule has 0 atom stereocenters. The minimum Gasteiger partial charge on any atom is -0.398 e. The van der Waals surface area contributed by atoms with Gasteiger partial charge >= 0.3 is 5.71 Å². The summed E-state index contributed by atoms with van der Waals surface area (Å²) in [6, 6.07) is 12.3. The Kier molecular flexibility index (Phi) is 3.94. The van der Waals surface area contributed by atoms with Gasteiger partial charge in [0.2, 0.25) is 5.58 Å². The summed E-state index contributed by atoms with van der Waals surface area (Å²) < 4.78 is 41.9. The van der Waals surface area contributed by atoms with Crippen LogP contribution in [0.2, 0.25) is 0 Å². The lowest BCUT2D eigenvalue weighted by Gasteiger charge is -2.17. The van der Waals surface area contributed by atoms with Gasteiger partial charge in [0.25, 0.3) is 5.52 Å². The van der Waals surface area contributed by atoms with Crippen molar-refractivity contribution in [1.82, 2.24) is 0 Å². The molecule has 7 heteroatoms. The molecular weight excluding hydrogens is 286 g/mol. The smallest absolute Gasteiger partial charge is 0.380 e. The number of halogens is 1. The number of pyridine rings is 1. The van der Waals surface area contributed by atoms with E-state index in [4.69, 9.17) is 23.1 Å². The Hall–Kier alpha value is -1.70. The molecule has 2 heterocycles. The van der Waals surface area contributed by atoms with Crippen molar-refractivity contribution in [2.24, 2.45) is 0 Å². The van der Waals surface area contributed by atoms with Crippen LogP contribution in [0.5, 0.6) is 0 Å². The molecule has 2 aromatic heterocycles. The molecule has 0 aliphatic heterocycles. The normalized spacial score (nSPS) is 11.5. The van der Waals surface area contributed by atoms with Crippen LogP contribution in [0.3, 0.4) is 0 Å². The Morgan fingerprint density at radius 2 is 1.60 bits per heavy atom. The minimum atomic E-state index is -4.94. The number of hydrogen-bond acceptors (Lipinski definition) is 5. The molecule has 0 spiro atoms. The lowest BCUT2D eigenvalue weighted by atomic mass is 10.2. The first-order valence-electron chi connectivity index (χ1n) is 5.68. The number of rotatable bonds is 0. The van der Waals surface area contributed by atoms with Crippen LogP contribution in [0.15, 0.2) is 40.8 Å². The van der Waals surface area contributed by atoms with E-state index >= 15 is 0 Å². The Bertz CT molecular complexity index is 741. The van der Waals surface area contributed by atoms with Gasteiger partial charge in [0.1, 0.15) is 0 Å². The molecule has 0 radical (unpaired) electrons. The zero-order valence-corrected chi connectivity index (χ0v) is 11.6.